The van der Waals surface area contributed by atoms with E-state index in [1.807, 2.05) is 12.1 Å². The molecule has 1 radical (unpaired) electrons. The molecule has 1 aliphatic rings. The number of hydrogen-bond donors (Lipinski definition) is 0. The fourth-order valence-corrected chi connectivity index (χ4v) is 2.16. The summed E-state index contributed by atoms with van der Waals surface area (Å²) in [6, 6.07) is 6.95. The third kappa shape index (κ3) is 2.13. The van der Waals surface area contributed by atoms with Gasteiger partial charge in [-0.3, -0.25) is 5.73 Å². The molecule has 0 amide bonds. The maximum Gasteiger partial charge on any atom is 0.123 e. The standard InChI is InChI=1S/C12H15FN/c13-11-5-1-9(2-6-11)10-3-7-12(14)8-4-10/h1-2,5-6,10,12,14H,3-4,7-8H2/t10-,12+. The molecule has 1 aromatic rings. The van der Waals surface area contributed by atoms with Crippen LogP contribution < -0.4 is 5.73 Å². The predicted octanol–water partition coefficient (Wildman–Crippen LogP) is 3.13. The highest BCUT2D eigenvalue weighted by molar-refractivity contribution is 5.20. The van der Waals surface area contributed by atoms with Crippen molar-refractivity contribution in [2.24, 2.45) is 0 Å². The second-order valence-corrected chi connectivity index (χ2v) is 4.10. The molecule has 2 heteroatoms. The van der Waals surface area contributed by atoms with Crippen LogP contribution in [0.4, 0.5) is 4.39 Å². The largest absolute Gasteiger partial charge is 0.255 e. The molecule has 1 aliphatic carbocycles. The average molecular weight is 192 g/mol. The second kappa shape index (κ2) is 4.09. The molecule has 1 N–H and O–H groups in total. The SMILES string of the molecule is [NH][C@H]1CC[C@@H](c2ccc(F)cc2)CC1. The van der Waals surface area contributed by atoms with Crippen molar-refractivity contribution in [1.82, 2.24) is 5.73 Å². The molecule has 2 rings (SSSR count). The summed E-state index contributed by atoms with van der Waals surface area (Å²) >= 11 is 0. The molecule has 0 spiro atoms. The van der Waals surface area contributed by atoms with Gasteiger partial charge >= 0.3 is 0 Å². The minimum absolute atomic E-state index is 0.131. The van der Waals surface area contributed by atoms with Crippen molar-refractivity contribution in [1.29, 1.82) is 0 Å². The normalized spacial score (nSPS) is 27.6. The third-order valence-corrected chi connectivity index (χ3v) is 3.07. The molecule has 0 aliphatic heterocycles. The van der Waals surface area contributed by atoms with Gasteiger partial charge < -0.3 is 0 Å². The monoisotopic (exact) mass is 192 g/mol. The first-order valence-electron chi connectivity index (χ1n) is 5.22. The lowest BCUT2D eigenvalue weighted by Crippen LogP contribution is -2.18. The molecule has 1 fully saturated rings. The van der Waals surface area contributed by atoms with Gasteiger partial charge in [0.2, 0.25) is 0 Å². The van der Waals surface area contributed by atoms with Gasteiger partial charge in [0, 0.05) is 6.04 Å². The Hall–Kier alpha value is -0.890. The molecule has 75 valence electrons. The fraction of sp³-hybridized carbons (Fsp3) is 0.500. The van der Waals surface area contributed by atoms with E-state index in [2.05, 4.69) is 0 Å². The molecule has 0 heterocycles. The summed E-state index contributed by atoms with van der Waals surface area (Å²) < 4.78 is 12.7. The summed E-state index contributed by atoms with van der Waals surface area (Å²) in [4.78, 5) is 0. The maximum absolute atomic E-state index is 12.7. The van der Waals surface area contributed by atoms with Gasteiger partial charge in [-0.15, -0.1) is 0 Å². The topological polar surface area (TPSA) is 23.8 Å². The van der Waals surface area contributed by atoms with Crippen LogP contribution >= 0.6 is 0 Å². The number of rotatable bonds is 1. The Kier molecular flexibility index (Phi) is 2.82. The Bertz CT molecular complexity index is 286. The van der Waals surface area contributed by atoms with Gasteiger partial charge in [0.15, 0.2) is 0 Å². The maximum atomic E-state index is 12.7. The van der Waals surface area contributed by atoms with E-state index in [4.69, 9.17) is 5.73 Å². The lowest BCUT2D eigenvalue weighted by atomic mass is 9.82. The molecule has 0 saturated heterocycles. The molecule has 0 atom stereocenters. The summed E-state index contributed by atoms with van der Waals surface area (Å²) in [5.74, 6) is 0.389. The summed E-state index contributed by atoms with van der Waals surface area (Å²) in [6.07, 6.45) is 4.14. The zero-order valence-corrected chi connectivity index (χ0v) is 8.17. The Labute approximate surface area is 84.1 Å². The lowest BCUT2D eigenvalue weighted by Gasteiger charge is -2.25. The average Bonchev–Trinajstić information content (AvgIpc) is 2.21. The quantitative estimate of drug-likeness (QED) is 0.652. The number of halogens is 1. The van der Waals surface area contributed by atoms with Crippen LogP contribution in [0.2, 0.25) is 0 Å². The summed E-state index contributed by atoms with van der Waals surface area (Å²) in [7, 11) is 0. The minimum atomic E-state index is -0.164. The highest BCUT2D eigenvalue weighted by Crippen LogP contribution is 2.32. The molecule has 0 aromatic heterocycles. The third-order valence-electron chi connectivity index (χ3n) is 3.07. The number of hydrogen-bond acceptors (Lipinski definition) is 0. The van der Waals surface area contributed by atoms with Gasteiger partial charge in [-0.05, 0) is 49.3 Å². The van der Waals surface area contributed by atoms with Gasteiger partial charge in [-0.2, -0.15) is 0 Å². The van der Waals surface area contributed by atoms with E-state index in [0.29, 0.717) is 5.92 Å². The van der Waals surface area contributed by atoms with Crippen LogP contribution in [-0.4, -0.2) is 6.04 Å². The predicted molar refractivity (Wildman–Crippen MR) is 54.5 cm³/mol. The Balaban J connectivity index is 2.05. The molecule has 1 saturated carbocycles. The van der Waals surface area contributed by atoms with Gasteiger partial charge in [-0.1, -0.05) is 12.1 Å². The molecule has 1 nitrogen and oxygen atoms in total. The summed E-state index contributed by atoms with van der Waals surface area (Å²) in [5, 5.41) is 0. The smallest absolute Gasteiger partial charge is 0.123 e. The van der Waals surface area contributed by atoms with Crippen LogP contribution in [0.5, 0.6) is 0 Å². The zero-order valence-electron chi connectivity index (χ0n) is 8.17. The van der Waals surface area contributed by atoms with Crippen LogP contribution in [0.3, 0.4) is 0 Å². The van der Waals surface area contributed by atoms with Crippen molar-refractivity contribution >= 4 is 0 Å². The van der Waals surface area contributed by atoms with E-state index < -0.39 is 0 Å². The van der Waals surface area contributed by atoms with E-state index in [0.717, 1.165) is 25.7 Å². The van der Waals surface area contributed by atoms with Crippen LogP contribution in [-0.2, 0) is 0 Å². The Morgan fingerprint density at radius 3 is 2.14 bits per heavy atom. The number of nitrogens with one attached hydrogen (secondary N) is 1. The molecular formula is C12H15FN. The first kappa shape index (κ1) is 9.66. The van der Waals surface area contributed by atoms with Crippen molar-refractivity contribution in [2.45, 2.75) is 37.6 Å². The molecule has 0 bridgehead atoms. The van der Waals surface area contributed by atoms with Gasteiger partial charge in [0.1, 0.15) is 5.82 Å². The zero-order chi connectivity index (χ0) is 9.97. The molecule has 0 unspecified atom stereocenters. The summed E-state index contributed by atoms with van der Waals surface area (Å²) in [6.45, 7) is 0. The van der Waals surface area contributed by atoms with Gasteiger partial charge in [0.05, 0.1) is 0 Å². The van der Waals surface area contributed by atoms with Crippen LogP contribution in [0.15, 0.2) is 24.3 Å². The second-order valence-electron chi connectivity index (χ2n) is 4.10. The van der Waals surface area contributed by atoms with Crippen LogP contribution in [0, 0.1) is 5.82 Å². The van der Waals surface area contributed by atoms with Crippen molar-refractivity contribution in [3.63, 3.8) is 0 Å². The van der Waals surface area contributed by atoms with E-state index in [9.17, 15) is 4.39 Å². The van der Waals surface area contributed by atoms with Crippen molar-refractivity contribution in [3.8, 4) is 0 Å². The molecular weight excluding hydrogens is 177 g/mol. The highest BCUT2D eigenvalue weighted by atomic mass is 19.1. The van der Waals surface area contributed by atoms with Crippen molar-refractivity contribution in [2.75, 3.05) is 0 Å². The van der Waals surface area contributed by atoms with Crippen LogP contribution in [0.1, 0.15) is 37.2 Å². The fourth-order valence-electron chi connectivity index (χ4n) is 2.16. The Morgan fingerprint density at radius 2 is 1.57 bits per heavy atom. The highest BCUT2D eigenvalue weighted by Gasteiger charge is 2.19. The minimum Gasteiger partial charge on any atom is -0.255 e. The number of benzene rings is 1. The first-order valence-corrected chi connectivity index (χ1v) is 5.22. The van der Waals surface area contributed by atoms with Gasteiger partial charge in [0.25, 0.3) is 0 Å². The van der Waals surface area contributed by atoms with E-state index in [-0.39, 0.29) is 11.9 Å². The molecule has 1 aromatic carbocycles. The molecule has 14 heavy (non-hydrogen) atoms. The summed E-state index contributed by atoms with van der Waals surface area (Å²) in [5.41, 5.74) is 8.83. The van der Waals surface area contributed by atoms with Crippen LogP contribution in [0.25, 0.3) is 0 Å². The Morgan fingerprint density at radius 1 is 1.00 bits per heavy atom. The first-order chi connectivity index (χ1) is 6.75. The lowest BCUT2D eigenvalue weighted by molar-refractivity contribution is 0.388. The van der Waals surface area contributed by atoms with E-state index >= 15 is 0 Å². The van der Waals surface area contributed by atoms with Crippen molar-refractivity contribution < 1.29 is 4.39 Å². The van der Waals surface area contributed by atoms with E-state index in [1.54, 1.807) is 0 Å². The van der Waals surface area contributed by atoms with Gasteiger partial charge in [-0.25, -0.2) is 4.39 Å². The van der Waals surface area contributed by atoms with E-state index in [1.165, 1.54) is 17.7 Å². The van der Waals surface area contributed by atoms with Crippen molar-refractivity contribution in [3.05, 3.63) is 35.6 Å².